The van der Waals surface area contributed by atoms with Gasteiger partial charge in [-0.15, -0.1) is 0 Å². The highest BCUT2D eigenvalue weighted by atomic mass is 16.5. The number of hydrogen-bond donors (Lipinski definition) is 3. The van der Waals surface area contributed by atoms with Crippen LogP contribution in [0.5, 0.6) is 0 Å². The molecule has 7 heteroatoms. The molecule has 0 aromatic heterocycles. The number of ether oxygens (including phenoxy) is 1. The highest BCUT2D eigenvalue weighted by molar-refractivity contribution is 5.74. The summed E-state index contributed by atoms with van der Waals surface area (Å²) in [5.41, 5.74) is 0. The van der Waals surface area contributed by atoms with Gasteiger partial charge in [-0.1, -0.05) is 6.92 Å². The maximum atomic E-state index is 11.9. The number of carboxylic acids is 1. The molecule has 0 saturated carbocycles. The SMILES string of the molecule is CCNCCCNC(=O)N1CCC(OCCC(=O)O)CC1. The van der Waals surface area contributed by atoms with E-state index in [-0.39, 0.29) is 25.2 Å². The van der Waals surface area contributed by atoms with Crippen molar-refractivity contribution in [3.8, 4) is 0 Å². The van der Waals surface area contributed by atoms with Gasteiger partial charge in [-0.3, -0.25) is 4.79 Å². The Bertz CT molecular complexity index is 317. The zero-order valence-corrected chi connectivity index (χ0v) is 12.8. The van der Waals surface area contributed by atoms with E-state index in [0.717, 1.165) is 32.4 Å². The molecule has 0 aromatic rings. The molecule has 2 amide bonds. The van der Waals surface area contributed by atoms with Crippen molar-refractivity contribution >= 4 is 12.0 Å². The number of carboxylic acid groups (broad SMARTS) is 1. The molecule has 1 saturated heterocycles. The molecule has 0 bridgehead atoms. The maximum absolute atomic E-state index is 11.9. The van der Waals surface area contributed by atoms with E-state index in [4.69, 9.17) is 9.84 Å². The van der Waals surface area contributed by atoms with Gasteiger partial charge in [-0.05, 0) is 32.4 Å². The lowest BCUT2D eigenvalue weighted by atomic mass is 10.1. The lowest BCUT2D eigenvalue weighted by molar-refractivity contribution is -0.138. The first kappa shape index (κ1) is 17.7. The van der Waals surface area contributed by atoms with Crippen LogP contribution in [0.15, 0.2) is 0 Å². The average molecular weight is 301 g/mol. The number of rotatable bonds is 9. The Morgan fingerprint density at radius 1 is 1.29 bits per heavy atom. The average Bonchev–Trinajstić information content (AvgIpc) is 2.47. The molecule has 122 valence electrons. The van der Waals surface area contributed by atoms with Gasteiger partial charge in [0, 0.05) is 19.6 Å². The van der Waals surface area contributed by atoms with Crippen LogP contribution in [0.25, 0.3) is 0 Å². The van der Waals surface area contributed by atoms with E-state index in [2.05, 4.69) is 17.6 Å². The van der Waals surface area contributed by atoms with Crippen LogP contribution in [-0.4, -0.2) is 67.4 Å². The van der Waals surface area contributed by atoms with E-state index in [1.165, 1.54) is 0 Å². The number of nitrogens with one attached hydrogen (secondary N) is 2. The van der Waals surface area contributed by atoms with E-state index >= 15 is 0 Å². The summed E-state index contributed by atoms with van der Waals surface area (Å²) >= 11 is 0. The van der Waals surface area contributed by atoms with Gasteiger partial charge in [-0.25, -0.2) is 4.79 Å². The third-order valence-electron chi connectivity index (χ3n) is 3.46. The number of piperidine rings is 1. The fourth-order valence-corrected chi connectivity index (χ4v) is 2.24. The Hall–Kier alpha value is -1.34. The summed E-state index contributed by atoms with van der Waals surface area (Å²) in [5, 5.41) is 14.7. The molecule has 1 rings (SSSR count). The molecule has 1 aliphatic rings. The van der Waals surface area contributed by atoms with E-state index in [1.54, 1.807) is 4.90 Å². The second-order valence-electron chi connectivity index (χ2n) is 5.14. The summed E-state index contributed by atoms with van der Waals surface area (Å²) in [6.07, 6.45) is 2.57. The number of aliphatic carboxylic acids is 1. The lowest BCUT2D eigenvalue weighted by Gasteiger charge is -2.31. The van der Waals surface area contributed by atoms with Crippen LogP contribution in [0.2, 0.25) is 0 Å². The monoisotopic (exact) mass is 301 g/mol. The van der Waals surface area contributed by atoms with E-state index < -0.39 is 5.97 Å². The highest BCUT2D eigenvalue weighted by Gasteiger charge is 2.22. The first-order chi connectivity index (χ1) is 10.1. The Labute approximate surface area is 126 Å². The first-order valence-corrected chi connectivity index (χ1v) is 7.70. The molecule has 0 spiro atoms. The zero-order chi connectivity index (χ0) is 15.5. The van der Waals surface area contributed by atoms with Gasteiger partial charge in [-0.2, -0.15) is 0 Å². The molecule has 1 heterocycles. The van der Waals surface area contributed by atoms with Crippen LogP contribution in [0.3, 0.4) is 0 Å². The van der Waals surface area contributed by atoms with Crippen LogP contribution in [0, 0.1) is 0 Å². The van der Waals surface area contributed by atoms with Gasteiger partial charge in [0.1, 0.15) is 0 Å². The standard InChI is InChI=1S/C14H27N3O4/c1-2-15-7-3-8-16-14(20)17-9-4-12(5-10-17)21-11-6-13(18)19/h12,15H,2-11H2,1H3,(H,16,20)(H,18,19). The minimum atomic E-state index is -0.843. The lowest BCUT2D eigenvalue weighted by Crippen LogP contribution is -2.46. The number of amides is 2. The van der Waals surface area contributed by atoms with Crippen LogP contribution < -0.4 is 10.6 Å². The van der Waals surface area contributed by atoms with E-state index in [0.29, 0.717) is 19.6 Å². The summed E-state index contributed by atoms with van der Waals surface area (Å²) in [6.45, 7) is 6.17. The van der Waals surface area contributed by atoms with Gasteiger partial charge in [0.2, 0.25) is 0 Å². The minimum Gasteiger partial charge on any atom is -0.481 e. The highest BCUT2D eigenvalue weighted by Crippen LogP contribution is 2.13. The number of nitrogens with zero attached hydrogens (tertiary/aromatic N) is 1. The molecule has 0 aromatic carbocycles. The Morgan fingerprint density at radius 2 is 2.00 bits per heavy atom. The molecular formula is C14H27N3O4. The summed E-state index contributed by atoms with van der Waals surface area (Å²) < 4.78 is 5.50. The molecule has 7 nitrogen and oxygen atoms in total. The van der Waals surface area contributed by atoms with Crippen molar-refractivity contribution in [2.75, 3.05) is 39.3 Å². The smallest absolute Gasteiger partial charge is 0.317 e. The largest absolute Gasteiger partial charge is 0.481 e. The van der Waals surface area contributed by atoms with Crippen LogP contribution in [-0.2, 0) is 9.53 Å². The van der Waals surface area contributed by atoms with Crippen molar-refractivity contribution in [2.45, 2.75) is 38.7 Å². The fraction of sp³-hybridized carbons (Fsp3) is 0.857. The molecule has 1 fully saturated rings. The van der Waals surface area contributed by atoms with Gasteiger partial charge in [0.25, 0.3) is 0 Å². The van der Waals surface area contributed by atoms with Crippen molar-refractivity contribution in [1.29, 1.82) is 0 Å². The van der Waals surface area contributed by atoms with Gasteiger partial charge >= 0.3 is 12.0 Å². The van der Waals surface area contributed by atoms with Crippen molar-refractivity contribution in [3.63, 3.8) is 0 Å². The van der Waals surface area contributed by atoms with E-state index in [1.807, 2.05) is 0 Å². The van der Waals surface area contributed by atoms with Crippen molar-refractivity contribution in [3.05, 3.63) is 0 Å². The van der Waals surface area contributed by atoms with Crippen LogP contribution >= 0.6 is 0 Å². The van der Waals surface area contributed by atoms with Crippen molar-refractivity contribution < 1.29 is 19.4 Å². The number of hydrogen-bond acceptors (Lipinski definition) is 4. The number of likely N-dealkylation sites (tertiary alicyclic amines) is 1. The summed E-state index contributed by atoms with van der Waals surface area (Å²) in [4.78, 5) is 24.1. The van der Waals surface area contributed by atoms with Gasteiger partial charge in [0.05, 0.1) is 19.1 Å². The molecule has 0 radical (unpaired) electrons. The number of carbonyl (C=O) groups is 2. The van der Waals surface area contributed by atoms with Gasteiger partial charge in [0.15, 0.2) is 0 Å². The first-order valence-electron chi connectivity index (χ1n) is 7.70. The molecule has 1 aliphatic heterocycles. The Morgan fingerprint density at radius 3 is 2.62 bits per heavy atom. The minimum absolute atomic E-state index is 0.0181. The van der Waals surface area contributed by atoms with Crippen LogP contribution in [0.4, 0.5) is 4.79 Å². The predicted octanol–water partition coefficient (Wildman–Crippen LogP) is 0.651. The van der Waals surface area contributed by atoms with Crippen molar-refractivity contribution in [2.24, 2.45) is 0 Å². The zero-order valence-electron chi connectivity index (χ0n) is 12.8. The molecule has 21 heavy (non-hydrogen) atoms. The van der Waals surface area contributed by atoms with Crippen LogP contribution in [0.1, 0.15) is 32.6 Å². The van der Waals surface area contributed by atoms with Gasteiger partial charge < -0.3 is 25.4 Å². The van der Waals surface area contributed by atoms with Crippen molar-refractivity contribution in [1.82, 2.24) is 15.5 Å². The fourth-order valence-electron chi connectivity index (χ4n) is 2.24. The quantitative estimate of drug-likeness (QED) is 0.544. The molecule has 0 aliphatic carbocycles. The molecular weight excluding hydrogens is 274 g/mol. The molecule has 3 N–H and O–H groups in total. The summed E-state index contributed by atoms with van der Waals surface area (Å²) in [5.74, 6) is -0.843. The normalized spacial score (nSPS) is 16.0. The second kappa shape index (κ2) is 10.4. The number of carbonyl (C=O) groups excluding carboxylic acids is 1. The molecule has 0 unspecified atom stereocenters. The molecule has 0 atom stereocenters. The topological polar surface area (TPSA) is 90.9 Å². The maximum Gasteiger partial charge on any atom is 0.317 e. The Balaban J connectivity index is 2.08. The summed E-state index contributed by atoms with van der Waals surface area (Å²) in [7, 11) is 0. The predicted molar refractivity (Wildman–Crippen MR) is 79.4 cm³/mol. The summed E-state index contributed by atoms with van der Waals surface area (Å²) in [6, 6.07) is -0.0181. The third kappa shape index (κ3) is 7.87. The third-order valence-corrected chi connectivity index (χ3v) is 3.46. The van der Waals surface area contributed by atoms with E-state index in [9.17, 15) is 9.59 Å². The second-order valence-corrected chi connectivity index (χ2v) is 5.14. The number of urea groups is 1. The Kier molecular flexibility index (Phi) is 8.77.